The Bertz CT molecular complexity index is 189. The standard InChI is InChI=1S/3C6H16N2.6CH4.3Li.Pr/c3*1-7(2)5-6-8(3)4;;;;;;;;;;/h3*5-6H2,1-4H3;6*1H4;;;;/q;;;;;;;;;3*+1;+3. The van der Waals surface area contributed by atoms with E-state index in [2.05, 4.69) is 114 Å². The van der Waals surface area contributed by atoms with Crippen molar-refractivity contribution >= 4 is 0 Å². The second kappa shape index (κ2) is 60.4. The third-order valence-electron chi connectivity index (χ3n) is 2.98. The van der Waals surface area contributed by atoms with Gasteiger partial charge in [-0.3, -0.25) is 0 Å². The summed E-state index contributed by atoms with van der Waals surface area (Å²) in [4.78, 5) is 13.1. The van der Waals surface area contributed by atoms with E-state index in [-0.39, 0.29) is 142 Å². The van der Waals surface area contributed by atoms with Crippen molar-refractivity contribution in [3.63, 3.8) is 0 Å². The SMILES string of the molecule is C.C.C.C.C.C.CN(C)CCN(C)C.CN(C)CCN(C)C.CN(C)CCN(C)C.[Li+].[Li+].[Li+].[Pr+3]. The number of hydrogen-bond donors (Lipinski definition) is 0. The number of nitrogens with zero attached hydrogens (tertiary/aromatic N) is 6. The molecule has 34 heavy (non-hydrogen) atoms. The number of rotatable bonds is 9. The first kappa shape index (κ1) is 83.3. The van der Waals surface area contributed by atoms with E-state index in [0.717, 1.165) is 39.3 Å². The maximum Gasteiger partial charge on any atom is 3.00 e. The van der Waals surface area contributed by atoms with Crippen LogP contribution in [0.3, 0.4) is 0 Å². The molecule has 0 aliphatic carbocycles. The van der Waals surface area contributed by atoms with Gasteiger partial charge in [0.05, 0.1) is 0 Å². The van der Waals surface area contributed by atoms with Gasteiger partial charge < -0.3 is 29.4 Å². The summed E-state index contributed by atoms with van der Waals surface area (Å²) in [5.41, 5.74) is 0. The average Bonchev–Trinajstić information content (AvgIpc) is 2.42. The van der Waals surface area contributed by atoms with Crippen LogP contribution in [0.4, 0.5) is 0 Å². The van der Waals surface area contributed by atoms with E-state index in [1.54, 1.807) is 0 Å². The van der Waals surface area contributed by atoms with Crippen molar-refractivity contribution in [3.8, 4) is 0 Å². The van der Waals surface area contributed by atoms with Crippen LogP contribution < -0.4 is 56.6 Å². The molecule has 0 heterocycles. The minimum Gasteiger partial charge on any atom is -0.308 e. The number of likely N-dealkylation sites (N-methyl/N-ethyl adjacent to an activating group) is 6. The summed E-state index contributed by atoms with van der Waals surface area (Å²) in [6.45, 7) is 6.88. The Morgan fingerprint density at radius 3 is 0.353 bits per heavy atom. The van der Waals surface area contributed by atoms with E-state index in [4.69, 9.17) is 0 Å². The quantitative estimate of drug-likeness (QED) is 0.244. The first-order chi connectivity index (χ1) is 10.9. The topological polar surface area (TPSA) is 19.4 Å². The van der Waals surface area contributed by atoms with Gasteiger partial charge in [0.15, 0.2) is 0 Å². The van der Waals surface area contributed by atoms with Gasteiger partial charge in [-0.05, 0) is 84.6 Å². The minimum atomic E-state index is 0. The Hall–Kier alpha value is 2.92. The summed E-state index contributed by atoms with van der Waals surface area (Å²) in [5, 5.41) is 0. The first-order valence-electron chi connectivity index (χ1n) is 8.76. The van der Waals surface area contributed by atoms with Gasteiger partial charge in [0.1, 0.15) is 0 Å². The molecule has 0 radical (unpaired) electrons. The van der Waals surface area contributed by atoms with Crippen molar-refractivity contribution in [1.82, 2.24) is 29.4 Å². The molecule has 0 spiro atoms. The maximum absolute atomic E-state index is 2.18. The van der Waals surface area contributed by atoms with Gasteiger partial charge >= 0.3 is 97.9 Å². The second-order valence-electron chi connectivity index (χ2n) is 7.82. The maximum atomic E-state index is 2.18. The van der Waals surface area contributed by atoms with Crippen molar-refractivity contribution in [2.75, 3.05) is 124 Å². The smallest absolute Gasteiger partial charge is 0.308 e. The predicted octanol–water partition coefficient (Wildman–Crippen LogP) is -4.84. The van der Waals surface area contributed by atoms with E-state index >= 15 is 0 Å². The molecular formula is C24H72Li3N6Pr+6. The Labute approximate surface area is 292 Å². The summed E-state index contributed by atoms with van der Waals surface area (Å²) in [6, 6.07) is 0. The van der Waals surface area contributed by atoms with Crippen molar-refractivity contribution in [2.45, 2.75) is 44.6 Å². The fraction of sp³-hybridized carbons (Fsp3) is 1.00. The van der Waals surface area contributed by atoms with E-state index in [1.165, 1.54) is 0 Å². The van der Waals surface area contributed by atoms with Crippen LogP contribution in [0.25, 0.3) is 0 Å². The zero-order valence-electron chi connectivity index (χ0n) is 22.5. The first-order valence-corrected chi connectivity index (χ1v) is 8.76. The second-order valence-corrected chi connectivity index (χ2v) is 7.82. The predicted molar refractivity (Wildman–Crippen MR) is 152 cm³/mol. The van der Waals surface area contributed by atoms with Crippen molar-refractivity contribution in [1.29, 1.82) is 0 Å². The molecule has 0 amide bonds. The molecule has 10 heteroatoms. The molecule has 198 valence electrons. The summed E-state index contributed by atoms with van der Waals surface area (Å²) in [5.74, 6) is 0. The van der Waals surface area contributed by atoms with Crippen LogP contribution in [0, 0.1) is 41.3 Å². The Balaban J connectivity index is -0.0000000154. The summed E-state index contributed by atoms with van der Waals surface area (Å²) in [6.07, 6.45) is 0. The third-order valence-corrected chi connectivity index (χ3v) is 2.98. The summed E-state index contributed by atoms with van der Waals surface area (Å²) >= 11 is 0. The molecule has 6 nitrogen and oxygen atoms in total. The van der Waals surface area contributed by atoms with Crippen LogP contribution in [-0.4, -0.2) is 153 Å². The van der Waals surface area contributed by atoms with Crippen molar-refractivity contribution in [2.24, 2.45) is 0 Å². The molecule has 0 rings (SSSR count). The van der Waals surface area contributed by atoms with Crippen LogP contribution in [0.15, 0.2) is 0 Å². The Morgan fingerprint density at radius 2 is 0.324 bits per heavy atom. The third kappa shape index (κ3) is 125. The fourth-order valence-corrected chi connectivity index (χ4v) is 1.20. The van der Waals surface area contributed by atoms with Gasteiger partial charge in [-0.1, -0.05) is 44.6 Å². The molecule has 0 aromatic rings. The molecule has 0 saturated heterocycles. The molecular weight excluding hydrogens is 534 g/mol. The van der Waals surface area contributed by atoms with Gasteiger partial charge in [-0.2, -0.15) is 0 Å². The van der Waals surface area contributed by atoms with Gasteiger partial charge in [-0.25, -0.2) is 0 Å². The Kier molecular flexibility index (Phi) is 148. The monoisotopic (exact) mass is 607 g/mol. The largest absolute Gasteiger partial charge is 3.00 e. The van der Waals surface area contributed by atoms with Crippen molar-refractivity contribution in [3.05, 3.63) is 0 Å². The fourth-order valence-electron chi connectivity index (χ4n) is 1.20. The summed E-state index contributed by atoms with van der Waals surface area (Å²) < 4.78 is 0. The molecule has 0 unspecified atom stereocenters. The van der Waals surface area contributed by atoms with E-state index < -0.39 is 0 Å². The molecule has 0 fully saturated rings. The van der Waals surface area contributed by atoms with Crippen molar-refractivity contribution < 1.29 is 97.9 Å². The van der Waals surface area contributed by atoms with Gasteiger partial charge in [0.2, 0.25) is 0 Å². The molecule has 0 atom stereocenters. The van der Waals surface area contributed by atoms with E-state index in [1.807, 2.05) is 0 Å². The van der Waals surface area contributed by atoms with Crippen LogP contribution in [0.2, 0.25) is 0 Å². The molecule has 0 bridgehead atoms. The zero-order valence-corrected chi connectivity index (χ0v) is 26.2. The van der Waals surface area contributed by atoms with E-state index in [0.29, 0.717) is 0 Å². The van der Waals surface area contributed by atoms with Crippen LogP contribution in [0.1, 0.15) is 44.6 Å². The van der Waals surface area contributed by atoms with Gasteiger partial charge in [0.25, 0.3) is 0 Å². The molecule has 0 aromatic carbocycles. The number of hydrogen-bond acceptors (Lipinski definition) is 6. The molecule has 0 saturated carbocycles. The zero-order chi connectivity index (χ0) is 19.7. The van der Waals surface area contributed by atoms with Gasteiger partial charge in [0, 0.05) is 39.3 Å². The van der Waals surface area contributed by atoms with Crippen LogP contribution in [-0.2, 0) is 0 Å². The molecule has 0 aromatic heterocycles. The van der Waals surface area contributed by atoms with Crippen LogP contribution in [0.5, 0.6) is 0 Å². The summed E-state index contributed by atoms with van der Waals surface area (Å²) in [7, 11) is 25.0. The minimum absolute atomic E-state index is 0. The van der Waals surface area contributed by atoms with E-state index in [9.17, 15) is 0 Å². The average molecular weight is 607 g/mol. The Morgan fingerprint density at radius 1 is 0.265 bits per heavy atom. The molecule has 0 aliphatic heterocycles. The van der Waals surface area contributed by atoms with Gasteiger partial charge in [-0.15, -0.1) is 0 Å². The normalized spacial score (nSPS) is 7.94. The molecule has 0 N–H and O–H groups in total. The van der Waals surface area contributed by atoms with Crippen LogP contribution >= 0.6 is 0 Å². The molecule has 0 aliphatic rings.